The fourth-order valence-electron chi connectivity index (χ4n) is 1.69. The molecule has 0 atom stereocenters. The number of rotatable bonds is 4. The number of carboxylic acid groups (broad SMARTS) is 1. The molecule has 0 saturated carbocycles. The predicted octanol–water partition coefficient (Wildman–Crippen LogP) is 1.79. The molecule has 0 spiro atoms. The van der Waals surface area contributed by atoms with E-state index < -0.39 is 5.97 Å². The maximum Gasteiger partial charge on any atom is 0.339 e. The van der Waals surface area contributed by atoms with Gasteiger partial charge in [0, 0.05) is 6.04 Å². The summed E-state index contributed by atoms with van der Waals surface area (Å²) >= 11 is 0. The normalized spacial score (nSPS) is 16.0. The summed E-state index contributed by atoms with van der Waals surface area (Å²) in [6, 6.07) is 1.89. The third-order valence-corrected chi connectivity index (χ3v) is 2.53. The van der Waals surface area contributed by atoms with Gasteiger partial charge in [-0.2, -0.15) is 0 Å². The molecule has 4 nitrogen and oxygen atoms in total. The van der Waals surface area contributed by atoms with Gasteiger partial charge in [0.2, 0.25) is 0 Å². The molecule has 0 amide bonds. The van der Waals surface area contributed by atoms with E-state index in [2.05, 4.69) is 17.5 Å². The minimum absolute atomic E-state index is 0.244. The lowest BCUT2D eigenvalue weighted by atomic mass is 10.2. The monoisotopic (exact) mass is 207 g/mol. The van der Waals surface area contributed by atoms with Gasteiger partial charge in [-0.25, -0.2) is 4.79 Å². The van der Waals surface area contributed by atoms with Gasteiger partial charge in [0.05, 0.1) is 12.8 Å². The molecule has 0 radical (unpaired) electrons. The van der Waals surface area contributed by atoms with Gasteiger partial charge in [-0.05, 0) is 18.9 Å². The molecule has 1 aliphatic carbocycles. The minimum Gasteiger partial charge on any atom is -0.478 e. The lowest BCUT2D eigenvalue weighted by Crippen LogP contribution is -2.26. The minimum atomic E-state index is -0.940. The van der Waals surface area contributed by atoms with Crippen LogP contribution in [0.15, 0.2) is 28.9 Å². The van der Waals surface area contributed by atoms with Crippen molar-refractivity contribution in [3.8, 4) is 0 Å². The summed E-state index contributed by atoms with van der Waals surface area (Å²) in [5.41, 5.74) is 0.244. The van der Waals surface area contributed by atoms with Gasteiger partial charge in [0.15, 0.2) is 0 Å². The Morgan fingerprint density at radius 3 is 2.93 bits per heavy atom. The summed E-state index contributed by atoms with van der Waals surface area (Å²) in [6.45, 7) is 0.473. The first-order valence-corrected chi connectivity index (χ1v) is 4.95. The fourth-order valence-corrected chi connectivity index (χ4v) is 1.69. The second-order valence-electron chi connectivity index (χ2n) is 3.58. The number of carboxylic acids is 1. The maximum absolute atomic E-state index is 10.8. The SMILES string of the molecule is O=C(O)c1ccoc1CNC1CC=CC1. The van der Waals surface area contributed by atoms with Gasteiger partial charge in [-0.3, -0.25) is 0 Å². The van der Waals surface area contributed by atoms with Gasteiger partial charge in [0.25, 0.3) is 0 Å². The fraction of sp³-hybridized carbons (Fsp3) is 0.364. The summed E-state index contributed by atoms with van der Waals surface area (Å²) in [5, 5.41) is 12.1. The molecule has 0 fully saturated rings. The quantitative estimate of drug-likeness (QED) is 0.739. The Morgan fingerprint density at radius 2 is 2.27 bits per heavy atom. The predicted molar refractivity (Wildman–Crippen MR) is 54.7 cm³/mol. The van der Waals surface area contributed by atoms with Crippen molar-refractivity contribution in [1.29, 1.82) is 0 Å². The van der Waals surface area contributed by atoms with E-state index in [-0.39, 0.29) is 5.56 Å². The summed E-state index contributed by atoms with van der Waals surface area (Å²) in [7, 11) is 0. The van der Waals surface area contributed by atoms with Crippen LogP contribution in [0.1, 0.15) is 29.0 Å². The van der Waals surface area contributed by atoms with Crippen molar-refractivity contribution in [1.82, 2.24) is 5.32 Å². The van der Waals surface area contributed by atoms with Crippen molar-refractivity contribution in [2.24, 2.45) is 0 Å². The van der Waals surface area contributed by atoms with Gasteiger partial charge < -0.3 is 14.8 Å². The Morgan fingerprint density at radius 1 is 1.53 bits per heavy atom. The third kappa shape index (κ3) is 2.27. The first-order chi connectivity index (χ1) is 7.27. The van der Waals surface area contributed by atoms with E-state index in [9.17, 15) is 4.79 Å². The summed E-state index contributed by atoms with van der Waals surface area (Å²) in [5.74, 6) is -0.445. The smallest absolute Gasteiger partial charge is 0.339 e. The van der Waals surface area contributed by atoms with Crippen molar-refractivity contribution < 1.29 is 14.3 Å². The molecule has 15 heavy (non-hydrogen) atoms. The summed E-state index contributed by atoms with van der Waals surface area (Å²) in [6.07, 6.45) is 7.66. The van der Waals surface area contributed by atoms with Gasteiger partial charge in [-0.1, -0.05) is 12.2 Å². The highest BCUT2D eigenvalue weighted by Crippen LogP contribution is 2.13. The van der Waals surface area contributed by atoms with E-state index in [0.717, 1.165) is 12.8 Å². The van der Waals surface area contributed by atoms with Crippen molar-refractivity contribution in [3.05, 3.63) is 35.8 Å². The molecule has 1 aliphatic rings. The molecular weight excluding hydrogens is 194 g/mol. The van der Waals surface area contributed by atoms with E-state index in [1.165, 1.54) is 12.3 Å². The highest BCUT2D eigenvalue weighted by molar-refractivity contribution is 5.88. The molecule has 0 aliphatic heterocycles. The molecule has 0 saturated heterocycles. The molecule has 80 valence electrons. The largest absolute Gasteiger partial charge is 0.478 e. The number of hydrogen-bond donors (Lipinski definition) is 2. The molecule has 0 aromatic carbocycles. The Kier molecular flexibility index (Phi) is 2.87. The van der Waals surface area contributed by atoms with Crippen LogP contribution in [0, 0.1) is 0 Å². The molecule has 4 heteroatoms. The van der Waals surface area contributed by atoms with Crippen LogP contribution in [0.2, 0.25) is 0 Å². The van der Waals surface area contributed by atoms with Crippen LogP contribution in [0.4, 0.5) is 0 Å². The summed E-state index contributed by atoms with van der Waals surface area (Å²) in [4.78, 5) is 10.8. The highest BCUT2D eigenvalue weighted by atomic mass is 16.4. The van der Waals surface area contributed by atoms with E-state index in [1.807, 2.05) is 0 Å². The van der Waals surface area contributed by atoms with E-state index in [4.69, 9.17) is 9.52 Å². The highest BCUT2D eigenvalue weighted by Gasteiger charge is 2.15. The second kappa shape index (κ2) is 4.31. The van der Waals surface area contributed by atoms with Crippen molar-refractivity contribution in [2.45, 2.75) is 25.4 Å². The van der Waals surface area contributed by atoms with E-state index in [0.29, 0.717) is 18.3 Å². The number of hydrogen-bond acceptors (Lipinski definition) is 3. The van der Waals surface area contributed by atoms with Crippen LogP contribution in [-0.2, 0) is 6.54 Å². The Bertz CT molecular complexity index is 373. The van der Waals surface area contributed by atoms with Crippen LogP contribution in [0.5, 0.6) is 0 Å². The third-order valence-electron chi connectivity index (χ3n) is 2.53. The number of furan rings is 1. The van der Waals surface area contributed by atoms with Crippen LogP contribution < -0.4 is 5.32 Å². The Labute approximate surface area is 87.6 Å². The van der Waals surface area contributed by atoms with Gasteiger partial charge >= 0.3 is 5.97 Å². The van der Waals surface area contributed by atoms with Gasteiger partial charge in [0.1, 0.15) is 11.3 Å². The first kappa shape index (κ1) is 9.98. The van der Waals surface area contributed by atoms with Crippen LogP contribution in [0.25, 0.3) is 0 Å². The molecule has 2 N–H and O–H groups in total. The lowest BCUT2D eigenvalue weighted by Gasteiger charge is -2.10. The average molecular weight is 207 g/mol. The topological polar surface area (TPSA) is 62.5 Å². The zero-order chi connectivity index (χ0) is 10.7. The van der Waals surface area contributed by atoms with Crippen LogP contribution in [0.3, 0.4) is 0 Å². The molecule has 0 unspecified atom stereocenters. The molecular formula is C11H13NO3. The zero-order valence-corrected chi connectivity index (χ0v) is 8.27. The Balaban J connectivity index is 1.92. The standard InChI is InChI=1S/C11H13NO3/c13-11(14)9-5-6-15-10(9)7-12-8-3-1-2-4-8/h1-2,5-6,8,12H,3-4,7H2,(H,13,14). The van der Waals surface area contributed by atoms with E-state index in [1.54, 1.807) is 0 Å². The molecule has 0 bridgehead atoms. The second-order valence-corrected chi connectivity index (χ2v) is 3.58. The number of nitrogens with one attached hydrogen (secondary N) is 1. The van der Waals surface area contributed by atoms with Crippen LogP contribution in [-0.4, -0.2) is 17.1 Å². The lowest BCUT2D eigenvalue weighted by molar-refractivity contribution is 0.0694. The molecule has 1 aromatic rings. The van der Waals surface area contributed by atoms with Crippen LogP contribution >= 0.6 is 0 Å². The molecule has 1 heterocycles. The average Bonchev–Trinajstić information content (AvgIpc) is 2.86. The van der Waals surface area contributed by atoms with Crippen molar-refractivity contribution >= 4 is 5.97 Å². The summed E-state index contributed by atoms with van der Waals surface area (Å²) < 4.78 is 5.12. The van der Waals surface area contributed by atoms with Crippen molar-refractivity contribution in [3.63, 3.8) is 0 Å². The number of carbonyl (C=O) groups is 1. The number of aromatic carboxylic acids is 1. The van der Waals surface area contributed by atoms with E-state index >= 15 is 0 Å². The molecule has 2 rings (SSSR count). The first-order valence-electron chi connectivity index (χ1n) is 4.95. The van der Waals surface area contributed by atoms with Crippen molar-refractivity contribution in [2.75, 3.05) is 0 Å². The molecule has 1 aromatic heterocycles. The maximum atomic E-state index is 10.8. The Hall–Kier alpha value is -1.55. The van der Waals surface area contributed by atoms with Gasteiger partial charge in [-0.15, -0.1) is 0 Å². The zero-order valence-electron chi connectivity index (χ0n) is 8.27.